The number of aromatic nitrogens is 3. The Morgan fingerprint density at radius 2 is 2.33 bits per heavy atom. The first-order valence-corrected chi connectivity index (χ1v) is 5.24. The van der Waals surface area contributed by atoms with Gasteiger partial charge in [-0.3, -0.25) is 9.89 Å². The highest BCUT2D eigenvalue weighted by Crippen LogP contribution is 2.41. The van der Waals surface area contributed by atoms with Gasteiger partial charge in [0.15, 0.2) is 5.82 Å². The average Bonchev–Trinajstić information content (AvgIpc) is 2.59. The number of aryl methyl sites for hydroxylation is 1. The van der Waals surface area contributed by atoms with Crippen molar-refractivity contribution in [3.63, 3.8) is 0 Å². The fraction of sp³-hybridized carbons (Fsp3) is 0.700. The summed E-state index contributed by atoms with van der Waals surface area (Å²) in [5.74, 6) is 0.720. The third kappa shape index (κ3) is 2.00. The Labute approximate surface area is 87.9 Å². The quantitative estimate of drug-likeness (QED) is 0.782. The van der Waals surface area contributed by atoms with E-state index < -0.39 is 5.97 Å². The van der Waals surface area contributed by atoms with Gasteiger partial charge in [-0.15, -0.1) is 0 Å². The zero-order valence-electron chi connectivity index (χ0n) is 8.79. The Balaban J connectivity index is 2.00. The SMILES string of the molecule is CC1(c2n[nH]c(CCC(=O)O)n2)CCC1. The number of aromatic amines is 1. The summed E-state index contributed by atoms with van der Waals surface area (Å²) in [5.41, 5.74) is 0.123. The number of hydrogen-bond acceptors (Lipinski definition) is 3. The number of carboxylic acids is 1. The Bertz CT molecular complexity index is 368. The fourth-order valence-corrected chi connectivity index (χ4v) is 1.83. The number of hydrogen-bond donors (Lipinski definition) is 2. The molecule has 0 amide bonds. The van der Waals surface area contributed by atoms with Gasteiger partial charge in [-0.25, -0.2) is 4.98 Å². The monoisotopic (exact) mass is 209 g/mol. The standard InChI is InChI=1S/C10H15N3O2/c1-10(5-2-6-10)9-11-7(12-13-9)3-4-8(14)15/h2-6H2,1H3,(H,14,15)(H,11,12,13). The van der Waals surface area contributed by atoms with Crippen molar-refractivity contribution in [2.75, 3.05) is 0 Å². The highest BCUT2D eigenvalue weighted by Gasteiger charge is 2.37. The lowest BCUT2D eigenvalue weighted by atomic mass is 9.70. The molecule has 0 saturated heterocycles. The lowest BCUT2D eigenvalue weighted by Crippen LogP contribution is -2.31. The van der Waals surface area contributed by atoms with Gasteiger partial charge in [0.1, 0.15) is 5.82 Å². The van der Waals surface area contributed by atoms with Crippen LogP contribution in [0.2, 0.25) is 0 Å². The normalized spacial score (nSPS) is 18.5. The summed E-state index contributed by atoms with van der Waals surface area (Å²) in [6.45, 7) is 2.15. The minimum absolute atomic E-state index is 0.103. The van der Waals surface area contributed by atoms with Crippen LogP contribution < -0.4 is 0 Å². The summed E-state index contributed by atoms with van der Waals surface area (Å²) in [6, 6.07) is 0. The second kappa shape index (κ2) is 3.64. The summed E-state index contributed by atoms with van der Waals surface area (Å²) in [7, 11) is 0. The number of H-pyrrole nitrogens is 1. The van der Waals surface area contributed by atoms with E-state index in [0.717, 1.165) is 18.7 Å². The van der Waals surface area contributed by atoms with E-state index in [1.165, 1.54) is 6.42 Å². The smallest absolute Gasteiger partial charge is 0.303 e. The molecule has 0 atom stereocenters. The van der Waals surface area contributed by atoms with Crippen LogP contribution in [-0.4, -0.2) is 26.3 Å². The van der Waals surface area contributed by atoms with Crippen molar-refractivity contribution in [2.24, 2.45) is 0 Å². The molecule has 1 aromatic rings. The van der Waals surface area contributed by atoms with Crippen LogP contribution in [0.5, 0.6) is 0 Å². The maximum absolute atomic E-state index is 10.4. The maximum Gasteiger partial charge on any atom is 0.303 e. The molecule has 1 aliphatic carbocycles. The van der Waals surface area contributed by atoms with E-state index in [1.807, 2.05) is 0 Å². The highest BCUT2D eigenvalue weighted by atomic mass is 16.4. The summed E-state index contributed by atoms with van der Waals surface area (Å²) in [6.07, 6.45) is 4.02. The third-order valence-corrected chi connectivity index (χ3v) is 3.10. The van der Waals surface area contributed by atoms with Crippen LogP contribution in [0.4, 0.5) is 0 Å². The van der Waals surface area contributed by atoms with Gasteiger partial charge in [0.2, 0.25) is 0 Å². The molecule has 5 heteroatoms. The molecule has 15 heavy (non-hydrogen) atoms. The molecular weight excluding hydrogens is 194 g/mol. The number of carbonyl (C=O) groups is 1. The van der Waals surface area contributed by atoms with Crippen LogP contribution in [0.25, 0.3) is 0 Å². The van der Waals surface area contributed by atoms with Crippen molar-refractivity contribution in [2.45, 2.75) is 44.4 Å². The Kier molecular flexibility index (Phi) is 2.46. The molecule has 1 fully saturated rings. The molecule has 82 valence electrons. The van der Waals surface area contributed by atoms with Crippen molar-refractivity contribution < 1.29 is 9.90 Å². The van der Waals surface area contributed by atoms with Crippen molar-refractivity contribution in [3.05, 3.63) is 11.6 Å². The van der Waals surface area contributed by atoms with Gasteiger partial charge < -0.3 is 5.11 Å². The van der Waals surface area contributed by atoms with E-state index in [-0.39, 0.29) is 11.8 Å². The number of aliphatic carboxylic acids is 1. The zero-order valence-corrected chi connectivity index (χ0v) is 8.79. The summed E-state index contributed by atoms with van der Waals surface area (Å²) in [4.78, 5) is 14.7. The van der Waals surface area contributed by atoms with Crippen LogP contribution in [0.15, 0.2) is 0 Å². The van der Waals surface area contributed by atoms with Gasteiger partial charge in [-0.1, -0.05) is 13.3 Å². The molecule has 0 radical (unpaired) electrons. The number of carboxylic acid groups (broad SMARTS) is 1. The number of rotatable bonds is 4. The van der Waals surface area contributed by atoms with Crippen molar-refractivity contribution >= 4 is 5.97 Å². The Hall–Kier alpha value is -1.39. The van der Waals surface area contributed by atoms with Crippen LogP contribution >= 0.6 is 0 Å². The molecule has 0 bridgehead atoms. The van der Waals surface area contributed by atoms with E-state index in [1.54, 1.807) is 0 Å². The molecule has 0 spiro atoms. The van der Waals surface area contributed by atoms with E-state index >= 15 is 0 Å². The Morgan fingerprint density at radius 1 is 1.60 bits per heavy atom. The van der Waals surface area contributed by atoms with Crippen LogP contribution in [-0.2, 0) is 16.6 Å². The van der Waals surface area contributed by atoms with Crippen LogP contribution in [0, 0.1) is 0 Å². The van der Waals surface area contributed by atoms with Gasteiger partial charge in [-0.2, -0.15) is 5.10 Å². The summed E-state index contributed by atoms with van der Waals surface area (Å²) < 4.78 is 0. The van der Waals surface area contributed by atoms with Gasteiger partial charge in [-0.05, 0) is 12.8 Å². The number of nitrogens with zero attached hydrogens (tertiary/aromatic N) is 2. The lowest BCUT2D eigenvalue weighted by Gasteiger charge is -2.35. The Morgan fingerprint density at radius 3 is 2.87 bits per heavy atom. The highest BCUT2D eigenvalue weighted by molar-refractivity contribution is 5.66. The molecule has 1 aliphatic rings. The predicted molar refractivity (Wildman–Crippen MR) is 53.5 cm³/mol. The van der Waals surface area contributed by atoms with Crippen molar-refractivity contribution in [3.8, 4) is 0 Å². The first kappa shape index (κ1) is 10.1. The maximum atomic E-state index is 10.4. The lowest BCUT2D eigenvalue weighted by molar-refractivity contribution is -0.137. The van der Waals surface area contributed by atoms with Gasteiger partial charge in [0.25, 0.3) is 0 Å². The third-order valence-electron chi connectivity index (χ3n) is 3.10. The minimum atomic E-state index is -0.803. The van der Waals surface area contributed by atoms with Crippen LogP contribution in [0.3, 0.4) is 0 Å². The molecule has 5 nitrogen and oxygen atoms in total. The molecule has 0 aliphatic heterocycles. The predicted octanol–water partition coefficient (Wildman–Crippen LogP) is 1.26. The fourth-order valence-electron chi connectivity index (χ4n) is 1.83. The average molecular weight is 209 g/mol. The second-order valence-corrected chi connectivity index (χ2v) is 4.41. The van der Waals surface area contributed by atoms with E-state index in [0.29, 0.717) is 12.2 Å². The van der Waals surface area contributed by atoms with Gasteiger partial charge >= 0.3 is 5.97 Å². The van der Waals surface area contributed by atoms with E-state index in [9.17, 15) is 4.79 Å². The first-order valence-electron chi connectivity index (χ1n) is 5.24. The van der Waals surface area contributed by atoms with E-state index in [2.05, 4.69) is 22.1 Å². The largest absolute Gasteiger partial charge is 0.481 e. The molecule has 2 N–H and O–H groups in total. The van der Waals surface area contributed by atoms with E-state index in [4.69, 9.17) is 5.11 Å². The van der Waals surface area contributed by atoms with Gasteiger partial charge in [0.05, 0.1) is 6.42 Å². The molecule has 1 aromatic heterocycles. The first-order chi connectivity index (χ1) is 7.10. The zero-order chi connectivity index (χ0) is 10.9. The summed E-state index contributed by atoms with van der Waals surface area (Å²) >= 11 is 0. The second-order valence-electron chi connectivity index (χ2n) is 4.41. The minimum Gasteiger partial charge on any atom is -0.481 e. The molecule has 1 saturated carbocycles. The van der Waals surface area contributed by atoms with Crippen molar-refractivity contribution in [1.82, 2.24) is 15.2 Å². The topological polar surface area (TPSA) is 78.9 Å². The van der Waals surface area contributed by atoms with Crippen molar-refractivity contribution in [1.29, 1.82) is 0 Å². The number of nitrogens with one attached hydrogen (secondary N) is 1. The molecule has 0 aromatic carbocycles. The van der Waals surface area contributed by atoms with Gasteiger partial charge in [0, 0.05) is 11.8 Å². The summed E-state index contributed by atoms with van der Waals surface area (Å²) in [5, 5.41) is 15.5. The molecule has 2 rings (SSSR count). The molecule has 0 unspecified atom stereocenters. The molecule has 1 heterocycles. The van der Waals surface area contributed by atoms with Crippen LogP contribution in [0.1, 0.15) is 44.3 Å². The molecular formula is C10H15N3O2.